The lowest BCUT2D eigenvalue weighted by atomic mass is 10.0. The lowest BCUT2D eigenvalue weighted by Gasteiger charge is -2.27. The van der Waals surface area contributed by atoms with Gasteiger partial charge in [0, 0.05) is 38.0 Å². The highest BCUT2D eigenvalue weighted by Crippen LogP contribution is 2.35. The third kappa shape index (κ3) is 3.29. The number of carbonyl (C=O) groups is 1. The number of fused-ring (bicyclic) bond motifs is 1. The van der Waals surface area contributed by atoms with E-state index in [1.54, 1.807) is 0 Å². The van der Waals surface area contributed by atoms with E-state index in [1.165, 1.54) is 7.11 Å². The molecule has 1 unspecified atom stereocenters. The molecule has 5 heteroatoms. The molecular weight excluding hydrogens is 268 g/mol. The standard InChI is InChI=1S/C16H24N2O3/c1-5-8-18-9-10-21-14-11-12(17(2)3)6-7-13(14)15(18)16(19)20-4/h6-7,11,15H,5,8-10H2,1-4H3. The molecule has 0 saturated heterocycles. The summed E-state index contributed by atoms with van der Waals surface area (Å²) < 4.78 is 10.9. The number of nitrogens with zero attached hydrogens (tertiary/aromatic N) is 2. The minimum Gasteiger partial charge on any atom is -0.492 e. The summed E-state index contributed by atoms with van der Waals surface area (Å²) in [7, 11) is 5.41. The van der Waals surface area contributed by atoms with Crippen LogP contribution in [0.4, 0.5) is 5.69 Å². The Morgan fingerprint density at radius 1 is 1.48 bits per heavy atom. The largest absolute Gasteiger partial charge is 0.492 e. The average Bonchev–Trinajstić information content (AvgIpc) is 2.65. The number of methoxy groups -OCH3 is 1. The van der Waals surface area contributed by atoms with Crippen LogP contribution in [0.2, 0.25) is 0 Å². The number of carbonyl (C=O) groups excluding carboxylic acids is 1. The Labute approximate surface area is 126 Å². The van der Waals surface area contributed by atoms with Gasteiger partial charge in [0.05, 0.1) is 7.11 Å². The second-order valence-corrected chi connectivity index (χ2v) is 5.43. The molecule has 1 aromatic carbocycles. The van der Waals surface area contributed by atoms with Gasteiger partial charge in [0.2, 0.25) is 0 Å². The van der Waals surface area contributed by atoms with Crippen LogP contribution >= 0.6 is 0 Å². The normalized spacial score (nSPS) is 18.4. The zero-order valence-corrected chi connectivity index (χ0v) is 13.3. The lowest BCUT2D eigenvalue weighted by Crippen LogP contribution is -2.36. The van der Waals surface area contributed by atoms with Crippen LogP contribution in [0.5, 0.6) is 5.75 Å². The molecule has 1 aromatic rings. The quantitative estimate of drug-likeness (QED) is 0.795. The minimum atomic E-state index is -0.385. The van der Waals surface area contributed by atoms with Gasteiger partial charge in [-0.15, -0.1) is 0 Å². The second-order valence-electron chi connectivity index (χ2n) is 5.43. The van der Waals surface area contributed by atoms with Crippen LogP contribution in [0, 0.1) is 0 Å². The second kappa shape index (κ2) is 6.80. The molecular formula is C16H24N2O3. The fourth-order valence-electron chi connectivity index (χ4n) is 2.67. The monoisotopic (exact) mass is 292 g/mol. The van der Waals surface area contributed by atoms with Crippen molar-refractivity contribution in [3.05, 3.63) is 23.8 Å². The van der Waals surface area contributed by atoms with Crippen molar-refractivity contribution in [1.29, 1.82) is 0 Å². The zero-order chi connectivity index (χ0) is 15.4. The van der Waals surface area contributed by atoms with E-state index < -0.39 is 0 Å². The van der Waals surface area contributed by atoms with Crippen molar-refractivity contribution in [1.82, 2.24) is 4.90 Å². The molecule has 0 spiro atoms. The van der Waals surface area contributed by atoms with Crippen molar-refractivity contribution < 1.29 is 14.3 Å². The number of esters is 1. The molecule has 2 rings (SSSR count). The van der Waals surface area contributed by atoms with Crippen LogP contribution in [0.25, 0.3) is 0 Å². The number of hydrogen-bond donors (Lipinski definition) is 0. The molecule has 0 fully saturated rings. The van der Waals surface area contributed by atoms with E-state index in [4.69, 9.17) is 9.47 Å². The van der Waals surface area contributed by atoms with Gasteiger partial charge in [0.15, 0.2) is 0 Å². The first kappa shape index (κ1) is 15.6. The van der Waals surface area contributed by atoms with E-state index in [-0.39, 0.29) is 12.0 Å². The van der Waals surface area contributed by atoms with Gasteiger partial charge in [-0.25, -0.2) is 4.79 Å². The Hall–Kier alpha value is -1.75. The Morgan fingerprint density at radius 2 is 2.24 bits per heavy atom. The molecule has 1 heterocycles. The molecule has 5 nitrogen and oxygen atoms in total. The van der Waals surface area contributed by atoms with E-state index in [0.29, 0.717) is 6.61 Å². The number of benzene rings is 1. The molecule has 116 valence electrons. The maximum Gasteiger partial charge on any atom is 0.327 e. The van der Waals surface area contributed by atoms with Gasteiger partial charge >= 0.3 is 5.97 Å². The first-order chi connectivity index (χ1) is 10.1. The summed E-state index contributed by atoms with van der Waals surface area (Å²) in [6, 6.07) is 5.58. The lowest BCUT2D eigenvalue weighted by molar-refractivity contribution is -0.147. The minimum absolute atomic E-state index is 0.229. The summed E-state index contributed by atoms with van der Waals surface area (Å²) in [5.74, 6) is 0.544. The molecule has 0 aromatic heterocycles. The summed E-state index contributed by atoms with van der Waals surface area (Å²) in [6.45, 7) is 4.26. The van der Waals surface area contributed by atoms with Crippen LogP contribution in [-0.2, 0) is 9.53 Å². The van der Waals surface area contributed by atoms with Gasteiger partial charge < -0.3 is 14.4 Å². The van der Waals surface area contributed by atoms with Gasteiger partial charge in [0.25, 0.3) is 0 Å². The maximum atomic E-state index is 12.3. The zero-order valence-electron chi connectivity index (χ0n) is 13.3. The van der Waals surface area contributed by atoms with E-state index in [9.17, 15) is 4.79 Å². The van der Waals surface area contributed by atoms with Crippen molar-refractivity contribution in [2.45, 2.75) is 19.4 Å². The fraction of sp³-hybridized carbons (Fsp3) is 0.562. The molecule has 0 aliphatic carbocycles. The van der Waals surface area contributed by atoms with Crippen LogP contribution in [0.3, 0.4) is 0 Å². The number of rotatable bonds is 4. The van der Waals surface area contributed by atoms with Gasteiger partial charge in [0.1, 0.15) is 18.4 Å². The molecule has 0 amide bonds. The summed E-state index contributed by atoms with van der Waals surface area (Å²) in [5.41, 5.74) is 1.94. The summed E-state index contributed by atoms with van der Waals surface area (Å²) >= 11 is 0. The highest BCUT2D eigenvalue weighted by Gasteiger charge is 2.33. The Balaban J connectivity index is 2.44. The predicted molar refractivity (Wildman–Crippen MR) is 82.9 cm³/mol. The number of ether oxygens (including phenoxy) is 2. The van der Waals surface area contributed by atoms with Crippen molar-refractivity contribution in [3.63, 3.8) is 0 Å². The smallest absolute Gasteiger partial charge is 0.327 e. The Morgan fingerprint density at radius 3 is 2.86 bits per heavy atom. The maximum absolute atomic E-state index is 12.3. The van der Waals surface area contributed by atoms with Crippen LogP contribution in [0.15, 0.2) is 18.2 Å². The van der Waals surface area contributed by atoms with Crippen LogP contribution in [0.1, 0.15) is 24.9 Å². The van der Waals surface area contributed by atoms with Crippen molar-refractivity contribution in [2.75, 3.05) is 45.8 Å². The highest BCUT2D eigenvalue weighted by atomic mass is 16.5. The third-order valence-electron chi connectivity index (χ3n) is 3.74. The molecule has 0 saturated carbocycles. The van der Waals surface area contributed by atoms with E-state index in [0.717, 1.165) is 36.5 Å². The van der Waals surface area contributed by atoms with Gasteiger partial charge in [-0.1, -0.05) is 13.0 Å². The highest BCUT2D eigenvalue weighted by molar-refractivity contribution is 5.79. The molecule has 1 aliphatic heterocycles. The van der Waals surface area contributed by atoms with Crippen molar-refractivity contribution >= 4 is 11.7 Å². The SMILES string of the molecule is CCCN1CCOc2cc(N(C)C)ccc2C1C(=O)OC. The van der Waals surface area contributed by atoms with Gasteiger partial charge in [-0.2, -0.15) is 0 Å². The van der Waals surface area contributed by atoms with Gasteiger partial charge in [-0.05, 0) is 19.0 Å². The summed E-state index contributed by atoms with van der Waals surface area (Å²) in [5, 5.41) is 0. The average molecular weight is 292 g/mol. The molecule has 1 atom stereocenters. The van der Waals surface area contributed by atoms with E-state index in [2.05, 4.69) is 11.8 Å². The molecule has 0 radical (unpaired) electrons. The van der Waals surface area contributed by atoms with Gasteiger partial charge in [-0.3, -0.25) is 4.90 Å². The Kier molecular flexibility index (Phi) is 5.07. The first-order valence-corrected chi connectivity index (χ1v) is 7.34. The summed E-state index contributed by atoms with van der Waals surface area (Å²) in [4.78, 5) is 16.4. The summed E-state index contributed by atoms with van der Waals surface area (Å²) in [6.07, 6.45) is 0.985. The van der Waals surface area contributed by atoms with Crippen LogP contribution < -0.4 is 9.64 Å². The van der Waals surface area contributed by atoms with Crippen molar-refractivity contribution in [2.24, 2.45) is 0 Å². The van der Waals surface area contributed by atoms with Crippen LogP contribution in [-0.4, -0.2) is 51.8 Å². The fourth-order valence-corrected chi connectivity index (χ4v) is 2.67. The molecule has 1 aliphatic rings. The number of anilines is 1. The third-order valence-corrected chi connectivity index (χ3v) is 3.74. The Bertz CT molecular complexity index is 502. The topological polar surface area (TPSA) is 42.0 Å². The van der Waals surface area contributed by atoms with E-state index in [1.807, 2.05) is 37.2 Å². The molecule has 0 N–H and O–H groups in total. The van der Waals surface area contributed by atoms with Crippen molar-refractivity contribution in [3.8, 4) is 5.75 Å². The first-order valence-electron chi connectivity index (χ1n) is 7.34. The number of hydrogen-bond acceptors (Lipinski definition) is 5. The van der Waals surface area contributed by atoms with E-state index >= 15 is 0 Å². The predicted octanol–water partition coefficient (Wildman–Crippen LogP) is 2.07. The molecule has 21 heavy (non-hydrogen) atoms. The molecule has 0 bridgehead atoms.